The number of carbonyl (C=O) groups is 2. The lowest BCUT2D eigenvalue weighted by Gasteiger charge is -2.58. The minimum absolute atomic E-state index is 0.264. The van der Waals surface area contributed by atoms with E-state index in [1.54, 1.807) is 18.2 Å². The first kappa shape index (κ1) is 18.9. The molecule has 5 nitrogen and oxygen atoms in total. The van der Waals surface area contributed by atoms with Crippen LogP contribution in [0.3, 0.4) is 0 Å². The number of esters is 1. The van der Waals surface area contributed by atoms with Gasteiger partial charge in [-0.25, -0.2) is 0 Å². The maximum absolute atomic E-state index is 12.9. The molecule has 0 spiro atoms. The van der Waals surface area contributed by atoms with Crippen molar-refractivity contribution in [2.75, 3.05) is 19.0 Å². The zero-order chi connectivity index (χ0) is 19.2. The molecule has 4 bridgehead atoms. The Bertz CT molecular complexity index is 767. The van der Waals surface area contributed by atoms with Crippen LogP contribution in [0.1, 0.15) is 38.5 Å². The Morgan fingerprint density at radius 2 is 1.93 bits per heavy atom. The van der Waals surface area contributed by atoms with Crippen molar-refractivity contribution in [1.82, 2.24) is 0 Å². The summed E-state index contributed by atoms with van der Waals surface area (Å²) in [6, 6.07) is 4.93. The van der Waals surface area contributed by atoms with E-state index in [4.69, 9.17) is 32.7 Å². The van der Waals surface area contributed by atoms with E-state index in [0.717, 1.165) is 25.7 Å². The van der Waals surface area contributed by atoms with E-state index >= 15 is 0 Å². The van der Waals surface area contributed by atoms with E-state index in [-0.39, 0.29) is 17.5 Å². The summed E-state index contributed by atoms with van der Waals surface area (Å²) in [5, 5.41) is 3.16. The molecule has 4 aliphatic carbocycles. The largest absolute Gasteiger partial charge is 0.495 e. The molecule has 0 radical (unpaired) electrons. The molecule has 0 aliphatic heterocycles. The third-order valence-electron chi connectivity index (χ3n) is 6.19. The maximum Gasteiger partial charge on any atom is 0.312 e. The third-order valence-corrected chi connectivity index (χ3v) is 6.87. The molecular weight excluding hydrogens is 389 g/mol. The van der Waals surface area contributed by atoms with Gasteiger partial charge in [-0.15, -0.1) is 11.6 Å². The van der Waals surface area contributed by atoms with Gasteiger partial charge in [-0.2, -0.15) is 0 Å². The van der Waals surface area contributed by atoms with Crippen LogP contribution in [-0.2, 0) is 14.3 Å². The van der Waals surface area contributed by atoms with E-state index in [1.807, 2.05) is 0 Å². The Labute approximate surface area is 168 Å². The number of hydrogen-bond donors (Lipinski definition) is 1. The summed E-state index contributed by atoms with van der Waals surface area (Å²) in [5.74, 6) is 0.787. The van der Waals surface area contributed by atoms with Crippen molar-refractivity contribution in [1.29, 1.82) is 0 Å². The number of hydrogen-bond acceptors (Lipinski definition) is 4. The molecule has 5 rings (SSSR count). The van der Waals surface area contributed by atoms with E-state index in [2.05, 4.69) is 5.32 Å². The van der Waals surface area contributed by atoms with Crippen molar-refractivity contribution < 1.29 is 19.1 Å². The van der Waals surface area contributed by atoms with Crippen LogP contribution in [0.25, 0.3) is 0 Å². The molecule has 4 fully saturated rings. The first-order chi connectivity index (χ1) is 12.8. The standard InChI is InChI=1S/C20H23Cl2NO4/c1-26-16-3-2-14(21)5-15(16)23-17(24)10-27-18(25)19-6-12-4-13(7-19)9-20(22,8-12)11-19/h2-3,5,12-13H,4,6-11H2,1H3,(H,23,24). The van der Waals surface area contributed by atoms with Gasteiger partial charge in [0.25, 0.3) is 5.91 Å². The highest BCUT2D eigenvalue weighted by atomic mass is 35.5. The van der Waals surface area contributed by atoms with Crippen LogP contribution in [0.15, 0.2) is 18.2 Å². The summed E-state index contributed by atoms with van der Waals surface area (Å²) in [5.41, 5.74) is -0.0691. The molecule has 4 aliphatic rings. The highest BCUT2D eigenvalue weighted by molar-refractivity contribution is 6.31. The van der Waals surface area contributed by atoms with E-state index in [9.17, 15) is 9.59 Å². The number of amides is 1. The molecule has 2 atom stereocenters. The quantitative estimate of drug-likeness (QED) is 0.575. The van der Waals surface area contributed by atoms with E-state index < -0.39 is 11.3 Å². The highest BCUT2D eigenvalue weighted by Gasteiger charge is 2.60. The van der Waals surface area contributed by atoms with Crippen LogP contribution in [0.5, 0.6) is 5.75 Å². The molecule has 0 aromatic heterocycles. The van der Waals surface area contributed by atoms with Gasteiger partial charge in [0, 0.05) is 9.90 Å². The average molecular weight is 412 g/mol. The number of carbonyl (C=O) groups excluding carboxylic acids is 2. The smallest absolute Gasteiger partial charge is 0.312 e. The summed E-state index contributed by atoms with van der Waals surface area (Å²) in [4.78, 5) is 24.9. The van der Waals surface area contributed by atoms with Gasteiger partial charge in [0.2, 0.25) is 0 Å². The number of halogens is 2. The number of methoxy groups -OCH3 is 1. The molecule has 1 amide bonds. The fourth-order valence-electron chi connectivity index (χ4n) is 5.64. The van der Waals surface area contributed by atoms with Crippen LogP contribution < -0.4 is 10.1 Å². The third kappa shape index (κ3) is 3.64. The van der Waals surface area contributed by atoms with Gasteiger partial charge in [0.1, 0.15) is 5.75 Å². The summed E-state index contributed by atoms with van der Waals surface area (Å²) in [7, 11) is 1.51. The minimum Gasteiger partial charge on any atom is -0.495 e. The lowest BCUT2D eigenvalue weighted by molar-refractivity contribution is -0.171. The fraction of sp³-hybridized carbons (Fsp3) is 0.600. The zero-order valence-electron chi connectivity index (χ0n) is 15.2. The summed E-state index contributed by atoms with van der Waals surface area (Å²) >= 11 is 12.7. The minimum atomic E-state index is -0.514. The number of ether oxygens (including phenoxy) is 2. The SMILES string of the molecule is COc1ccc(Cl)cc1NC(=O)COC(=O)C12CC3CC(CC(Cl)(C3)C1)C2. The zero-order valence-corrected chi connectivity index (χ0v) is 16.7. The molecule has 27 heavy (non-hydrogen) atoms. The Kier molecular flexibility index (Phi) is 4.79. The van der Waals surface area contributed by atoms with E-state index in [1.165, 1.54) is 13.5 Å². The average Bonchev–Trinajstić information content (AvgIpc) is 2.57. The number of nitrogens with one attached hydrogen (secondary N) is 1. The van der Waals surface area contributed by atoms with Crippen LogP contribution >= 0.6 is 23.2 Å². The number of benzene rings is 1. The van der Waals surface area contributed by atoms with Gasteiger partial charge in [0.15, 0.2) is 6.61 Å². The van der Waals surface area contributed by atoms with Crippen molar-refractivity contribution in [3.05, 3.63) is 23.2 Å². The molecule has 0 heterocycles. The van der Waals surface area contributed by atoms with Gasteiger partial charge < -0.3 is 14.8 Å². The molecule has 0 saturated heterocycles. The van der Waals surface area contributed by atoms with Crippen LogP contribution in [0, 0.1) is 17.3 Å². The highest BCUT2D eigenvalue weighted by Crippen LogP contribution is 2.64. The van der Waals surface area contributed by atoms with E-state index in [0.29, 0.717) is 34.7 Å². The van der Waals surface area contributed by atoms with Crippen molar-refractivity contribution in [2.24, 2.45) is 17.3 Å². The molecule has 4 saturated carbocycles. The molecule has 1 aromatic carbocycles. The Balaban J connectivity index is 1.38. The van der Waals surface area contributed by atoms with Gasteiger partial charge in [-0.05, 0) is 68.6 Å². The molecule has 2 unspecified atom stereocenters. The Morgan fingerprint density at radius 1 is 1.22 bits per heavy atom. The summed E-state index contributed by atoms with van der Waals surface area (Å²) in [6.07, 6.45) is 5.49. The second-order valence-corrected chi connectivity index (χ2v) is 9.60. The van der Waals surface area contributed by atoms with Crippen molar-refractivity contribution in [2.45, 2.75) is 43.4 Å². The lowest BCUT2D eigenvalue weighted by Crippen LogP contribution is -2.56. The predicted octanol–water partition coefficient (Wildman–Crippen LogP) is 4.41. The van der Waals surface area contributed by atoms with Crippen molar-refractivity contribution in [3.8, 4) is 5.75 Å². The number of rotatable bonds is 5. The van der Waals surface area contributed by atoms with Gasteiger partial charge in [0.05, 0.1) is 18.2 Å². The second kappa shape index (κ2) is 6.85. The van der Waals surface area contributed by atoms with Crippen LogP contribution in [-0.4, -0.2) is 30.5 Å². The topological polar surface area (TPSA) is 64.6 Å². The van der Waals surface area contributed by atoms with Gasteiger partial charge in [-0.1, -0.05) is 11.6 Å². The van der Waals surface area contributed by atoms with Gasteiger partial charge in [-0.3, -0.25) is 9.59 Å². The van der Waals surface area contributed by atoms with Gasteiger partial charge >= 0.3 is 5.97 Å². The summed E-state index contributed by atoms with van der Waals surface area (Å²) < 4.78 is 10.6. The predicted molar refractivity (Wildman–Crippen MR) is 103 cm³/mol. The molecule has 1 N–H and O–H groups in total. The monoisotopic (exact) mass is 411 g/mol. The van der Waals surface area contributed by atoms with Crippen LogP contribution in [0.2, 0.25) is 5.02 Å². The van der Waals surface area contributed by atoms with Crippen LogP contribution in [0.4, 0.5) is 5.69 Å². The molecule has 7 heteroatoms. The Hall–Kier alpha value is -1.46. The fourth-order valence-corrected chi connectivity index (χ4v) is 6.50. The number of alkyl halides is 1. The summed E-state index contributed by atoms with van der Waals surface area (Å²) in [6.45, 7) is -0.332. The second-order valence-electron chi connectivity index (χ2n) is 8.36. The first-order valence-corrected chi connectivity index (χ1v) is 10.1. The first-order valence-electron chi connectivity index (χ1n) is 9.30. The van der Waals surface area contributed by atoms with Crippen molar-refractivity contribution >= 4 is 40.8 Å². The molecular formula is C20H23Cl2NO4. The maximum atomic E-state index is 12.9. The normalized spacial score (nSPS) is 33.6. The van der Waals surface area contributed by atoms with Crippen molar-refractivity contribution in [3.63, 3.8) is 0 Å². The Morgan fingerprint density at radius 3 is 2.56 bits per heavy atom. The molecule has 1 aromatic rings. The lowest BCUT2D eigenvalue weighted by atomic mass is 9.49. The molecule has 146 valence electrons. The number of anilines is 1.